The molecule has 0 aliphatic carbocycles. The second-order valence-corrected chi connectivity index (χ2v) is 8.24. The van der Waals surface area contributed by atoms with Crippen LogP contribution in [-0.4, -0.2) is 41.0 Å². The molecule has 5 nitrogen and oxygen atoms in total. The Kier molecular flexibility index (Phi) is 4.04. The summed E-state index contributed by atoms with van der Waals surface area (Å²) in [6.45, 7) is 4.77. The third-order valence-corrected chi connectivity index (χ3v) is 6.04. The normalized spacial score (nSPS) is 16.0. The predicted molar refractivity (Wildman–Crippen MR) is 106 cm³/mol. The van der Waals surface area contributed by atoms with E-state index in [-0.39, 0.29) is 0 Å². The fourth-order valence-corrected chi connectivity index (χ4v) is 4.64. The average Bonchev–Trinajstić information content (AvgIpc) is 3.25. The van der Waals surface area contributed by atoms with Crippen molar-refractivity contribution in [2.45, 2.75) is 6.54 Å². The molecule has 1 aromatic carbocycles. The molecular formula is C19H17ClN4OS. The second-order valence-electron chi connectivity index (χ2n) is 6.44. The SMILES string of the molecule is Clc1ccc(CN2CCN(c3ncnc4c3oc3ccccc34)CC2)s1. The molecule has 1 aliphatic heterocycles. The van der Waals surface area contributed by atoms with Gasteiger partial charge in [0.15, 0.2) is 11.4 Å². The van der Waals surface area contributed by atoms with Crippen LogP contribution in [0.4, 0.5) is 5.82 Å². The Morgan fingerprint density at radius 2 is 1.88 bits per heavy atom. The first kappa shape index (κ1) is 16.1. The van der Waals surface area contributed by atoms with Crippen LogP contribution in [0.25, 0.3) is 22.1 Å². The van der Waals surface area contributed by atoms with Gasteiger partial charge < -0.3 is 9.32 Å². The number of para-hydroxylation sites is 1. The Hall–Kier alpha value is -2.15. The summed E-state index contributed by atoms with van der Waals surface area (Å²) >= 11 is 7.69. The van der Waals surface area contributed by atoms with Crippen LogP contribution in [0.5, 0.6) is 0 Å². The predicted octanol–water partition coefficient (Wildman–Crippen LogP) is 4.41. The number of hydrogen-bond donors (Lipinski definition) is 0. The molecule has 0 amide bonds. The van der Waals surface area contributed by atoms with Crippen molar-refractivity contribution < 1.29 is 4.42 Å². The maximum atomic E-state index is 6.07. The molecule has 1 saturated heterocycles. The van der Waals surface area contributed by atoms with Crippen LogP contribution in [-0.2, 0) is 6.54 Å². The zero-order valence-corrected chi connectivity index (χ0v) is 15.6. The Bertz CT molecular complexity index is 1070. The van der Waals surface area contributed by atoms with Crippen LogP contribution in [0.2, 0.25) is 4.34 Å². The van der Waals surface area contributed by atoms with Crippen molar-refractivity contribution in [3.63, 3.8) is 0 Å². The standard InChI is InChI=1S/C19H17ClN4OS/c20-16-6-5-13(26-16)11-23-7-9-24(10-8-23)19-18-17(21-12-22-19)14-3-1-2-4-15(14)25-18/h1-6,12H,7-11H2. The molecular weight excluding hydrogens is 368 g/mol. The number of nitrogens with zero attached hydrogens (tertiary/aromatic N) is 4. The van der Waals surface area contributed by atoms with Gasteiger partial charge in [0.25, 0.3) is 0 Å². The summed E-state index contributed by atoms with van der Waals surface area (Å²) in [5.41, 5.74) is 2.53. The highest BCUT2D eigenvalue weighted by Crippen LogP contribution is 2.32. The number of halogens is 1. The van der Waals surface area contributed by atoms with E-state index in [0.717, 1.165) is 64.9 Å². The van der Waals surface area contributed by atoms with E-state index in [1.807, 2.05) is 30.3 Å². The van der Waals surface area contributed by atoms with E-state index in [1.165, 1.54) is 4.88 Å². The maximum Gasteiger partial charge on any atom is 0.196 e. The van der Waals surface area contributed by atoms with Crippen molar-refractivity contribution in [2.75, 3.05) is 31.1 Å². The molecule has 132 valence electrons. The number of piperazine rings is 1. The quantitative estimate of drug-likeness (QED) is 0.523. The van der Waals surface area contributed by atoms with Crippen molar-refractivity contribution in [1.82, 2.24) is 14.9 Å². The monoisotopic (exact) mass is 384 g/mol. The molecule has 4 heterocycles. The van der Waals surface area contributed by atoms with Crippen molar-refractivity contribution in [1.29, 1.82) is 0 Å². The van der Waals surface area contributed by atoms with E-state index < -0.39 is 0 Å². The number of fused-ring (bicyclic) bond motifs is 3. The number of rotatable bonds is 3. The van der Waals surface area contributed by atoms with Gasteiger partial charge in [-0.3, -0.25) is 4.90 Å². The zero-order valence-electron chi connectivity index (χ0n) is 14.1. The maximum absolute atomic E-state index is 6.07. The summed E-state index contributed by atoms with van der Waals surface area (Å²) in [6.07, 6.45) is 1.64. The molecule has 0 atom stereocenters. The minimum Gasteiger partial charge on any atom is -0.450 e. The molecule has 0 spiro atoms. The summed E-state index contributed by atoms with van der Waals surface area (Å²) in [4.78, 5) is 15.0. The molecule has 7 heteroatoms. The second kappa shape index (κ2) is 6.54. The number of hydrogen-bond acceptors (Lipinski definition) is 6. The largest absolute Gasteiger partial charge is 0.450 e. The van der Waals surface area contributed by atoms with Crippen LogP contribution in [0.15, 0.2) is 47.1 Å². The topological polar surface area (TPSA) is 45.4 Å². The highest BCUT2D eigenvalue weighted by molar-refractivity contribution is 7.16. The van der Waals surface area contributed by atoms with E-state index >= 15 is 0 Å². The molecule has 26 heavy (non-hydrogen) atoms. The van der Waals surface area contributed by atoms with Gasteiger partial charge in [0, 0.05) is 43.0 Å². The summed E-state index contributed by atoms with van der Waals surface area (Å²) < 4.78 is 6.92. The molecule has 0 radical (unpaired) electrons. The summed E-state index contributed by atoms with van der Waals surface area (Å²) in [5.74, 6) is 0.894. The van der Waals surface area contributed by atoms with E-state index in [2.05, 4.69) is 25.8 Å². The van der Waals surface area contributed by atoms with E-state index in [4.69, 9.17) is 16.0 Å². The lowest BCUT2D eigenvalue weighted by Crippen LogP contribution is -2.46. The van der Waals surface area contributed by atoms with Crippen molar-refractivity contribution in [3.8, 4) is 0 Å². The lowest BCUT2D eigenvalue weighted by Gasteiger charge is -2.34. The third-order valence-electron chi connectivity index (χ3n) is 4.82. The highest BCUT2D eigenvalue weighted by Gasteiger charge is 2.22. The van der Waals surface area contributed by atoms with Crippen LogP contribution < -0.4 is 4.90 Å². The van der Waals surface area contributed by atoms with Crippen LogP contribution in [0.3, 0.4) is 0 Å². The molecule has 1 aliphatic rings. The molecule has 4 aromatic rings. The van der Waals surface area contributed by atoms with Gasteiger partial charge in [-0.2, -0.15) is 0 Å². The van der Waals surface area contributed by atoms with Gasteiger partial charge in [0.2, 0.25) is 0 Å². The Morgan fingerprint density at radius 1 is 1.04 bits per heavy atom. The minimum atomic E-state index is 0.784. The van der Waals surface area contributed by atoms with Gasteiger partial charge in [-0.25, -0.2) is 9.97 Å². The number of benzene rings is 1. The Labute approximate surface area is 159 Å². The lowest BCUT2D eigenvalue weighted by atomic mass is 10.2. The lowest BCUT2D eigenvalue weighted by molar-refractivity contribution is 0.251. The van der Waals surface area contributed by atoms with Crippen molar-refractivity contribution in [2.24, 2.45) is 0 Å². The fraction of sp³-hybridized carbons (Fsp3) is 0.263. The van der Waals surface area contributed by atoms with Gasteiger partial charge >= 0.3 is 0 Å². The number of anilines is 1. The molecule has 5 rings (SSSR count). The van der Waals surface area contributed by atoms with Gasteiger partial charge in [-0.1, -0.05) is 23.7 Å². The summed E-state index contributed by atoms with van der Waals surface area (Å²) in [5, 5.41) is 1.04. The molecule has 0 bridgehead atoms. The number of furan rings is 1. The molecule has 0 N–H and O–H groups in total. The van der Waals surface area contributed by atoms with Gasteiger partial charge in [-0.15, -0.1) is 11.3 Å². The first-order valence-electron chi connectivity index (χ1n) is 8.62. The van der Waals surface area contributed by atoms with E-state index in [1.54, 1.807) is 17.7 Å². The third kappa shape index (κ3) is 2.84. The van der Waals surface area contributed by atoms with Crippen molar-refractivity contribution in [3.05, 3.63) is 51.9 Å². The fourth-order valence-electron chi connectivity index (χ4n) is 3.51. The Balaban J connectivity index is 1.38. The van der Waals surface area contributed by atoms with Crippen molar-refractivity contribution >= 4 is 50.8 Å². The zero-order chi connectivity index (χ0) is 17.5. The van der Waals surface area contributed by atoms with Crippen LogP contribution in [0, 0.1) is 0 Å². The summed E-state index contributed by atoms with van der Waals surface area (Å²) in [6, 6.07) is 12.1. The van der Waals surface area contributed by atoms with Crippen LogP contribution in [0.1, 0.15) is 4.88 Å². The van der Waals surface area contributed by atoms with Gasteiger partial charge in [-0.05, 0) is 24.3 Å². The first-order valence-corrected chi connectivity index (χ1v) is 9.81. The summed E-state index contributed by atoms with van der Waals surface area (Å²) in [7, 11) is 0. The highest BCUT2D eigenvalue weighted by atomic mass is 35.5. The smallest absolute Gasteiger partial charge is 0.196 e. The molecule has 3 aromatic heterocycles. The van der Waals surface area contributed by atoms with Crippen LogP contribution >= 0.6 is 22.9 Å². The first-order chi connectivity index (χ1) is 12.8. The number of thiophene rings is 1. The molecule has 0 saturated carbocycles. The minimum absolute atomic E-state index is 0.784. The van der Waals surface area contributed by atoms with E-state index in [0.29, 0.717) is 0 Å². The molecule has 1 fully saturated rings. The van der Waals surface area contributed by atoms with Gasteiger partial charge in [0.05, 0.1) is 4.34 Å². The van der Waals surface area contributed by atoms with E-state index in [9.17, 15) is 0 Å². The Morgan fingerprint density at radius 3 is 2.69 bits per heavy atom. The number of aromatic nitrogens is 2. The molecule has 0 unspecified atom stereocenters. The average molecular weight is 385 g/mol. The van der Waals surface area contributed by atoms with Gasteiger partial charge in [0.1, 0.15) is 17.4 Å².